The third-order valence-electron chi connectivity index (χ3n) is 6.70. The Hall–Kier alpha value is -3.13. The molecule has 196 valence electrons. The first-order chi connectivity index (χ1) is 19.4. The largest absolute Gasteiger partial charge is 0.192 e. The van der Waals surface area contributed by atoms with Gasteiger partial charge in [-0.05, 0) is 106 Å². The number of allylic oxidation sites excluding steroid dienone is 5. The standard InChI is InChI=1S/C18H11BrClN.C17H12BrCl/c19-15-5-8-17-14(10-15)9-13(18(17)11-21)4-1-12-2-6-16(20)7-3-12;18-16-6-5-14-9-13(10-15(14)11-16)2-1-12-3-7-17(19)8-4-12/h1-8,10H,9H2;1-9,11H,10H2/b4-1+;2-1+. The van der Waals surface area contributed by atoms with Crippen LogP contribution in [-0.2, 0) is 12.8 Å². The van der Waals surface area contributed by atoms with Gasteiger partial charge in [-0.2, -0.15) is 5.26 Å². The molecule has 1 nitrogen and oxygen atoms in total. The van der Waals surface area contributed by atoms with E-state index in [9.17, 15) is 5.26 Å². The van der Waals surface area contributed by atoms with Crippen molar-refractivity contribution in [3.8, 4) is 6.07 Å². The fraction of sp³-hybridized carbons (Fsp3) is 0.0571. The zero-order chi connectivity index (χ0) is 28.1. The number of halogens is 4. The lowest BCUT2D eigenvalue weighted by molar-refractivity contribution is 1.24. The Labute approximate surface area is 262 Å². The van der Waals surface area contributed by atoms with Crippen molar-refractivity contribution in [3.05, 3.63) is 161 Å². The second-order valence-corrected chi connectivity index (χ2v) is 12.2. The van der Waals surface area contributed by atoms with Crippen LogP contribution in [0.25, 0.3) is 23.8 Å². The lowest BCUT2D eigenvalue weighted by atomic mass is 10.1. The zero-order valence-electron chi connectivity index (χ0n) is 21.3. The summed E-state index contributed by atoms with van der Waals surface area (Å²) in [5, 5.41) is 10.9. The van der Waals surface area contributed by atoms with Crippen LogP contribution in [0.3, 0.4) is 0 Å². The predicted molar refractivity (Wildman–Crippen MR) is 177 cm³/mol. The lowest BCUT2D eigenvalue weighted by Crippen LogP contribution is -1.82. The van der Waals surface area contributed by atoms with E-state index >= 15 is 0 Å². The molecule has 4 aromatic carbocycles. The van der Waals surface area contributed by atoms with Gasteiger partial charge in [0.1, 0.15) is 6.07 Å². The van der Waals surface area contributed by atoms with E-state index in [1.165, 1.54) is 27.8 Å². The first-order valence-corrected chi connectivity index (χ1v) is 15.0. The number of benzene rings is 4. The van der Waals surface area contributed by atoms with E-state index in [4.69, 9.17) is 23.2 Å². The smallest absolute Gasteiger partial charge is 0.100 e. The summed E-state index contributed by atoms with van der Waals surface area (Å²) in [5.74, 6) is 0. The summed E-state index contributed by atoms with van der Waals surface area (Å²) in [5.41, 5.74) is 10.3. The van der Waals surface area contributed by atoms with Crippen molar-refractivity contribution in [2.45, 2.75) is 12.8 Å². The van der Waals surface area contributed by atoms with Crippen molar-refractivity contribution in [2.24, 2.45) is 0 Å². The Morgan fingerprint density at radius 1 is 0.650 bits per heavy atom. The fourth-order valence-corrected chi connectivity index (χ4v) is 5.76. The second-order valence-electron chi connectivity index (χ2n) is 9.50. The third kappa shape index (κ3) is 7.14. The average Bonchev–Trinajstić information content (AvgIpc) is 3.52. The van der Waals surface area contributed by atoms with E-state index in [1.807, 2.05) is 72.8 Å². The fourth-order valence-electron chi connectivity index (χ4n) is 4.69. The van der Waals surface area contributed by atoms with E-state index in [-0.39, 0.29) is 0 Å². The number of nitrogens with zero attached hydrogens (tertiary/aromatic N) is 1. The maximum atomic E-state index is 9.42. The normalized spacial score (nSPS) is 13.6. The van der Waals surface area contributed by atoms with E-state index in [1.54, 1.807) is 0 Å². The molecule has 0 fully saturated rings. The molecule has 0 saturated heterocycles. The number of rotatable bonds is 4. The highest BCUT2D eigenvalue weighted by atomic mass is 79.9. The molecular weight excluding hydrogens is 665 g/mol. The summed E-state index contributed by atoms with van der Waals surface area (Å²) >= 11 is 18.7. The Kier molecular flexibility index (Phi) is 9.25. The minimum Gasteiger partial charge on any atom is -0.192 e. The van der Waals surface area contributed by atoms with E-state index in [2.05, 4.69) is 80.4 Å². The van der Waals surface area contributed by atoms with Gasteiger partial charge in [0.25, 0.3) is 0 Å². The van der Waals surface area contributed by atoms with Crippen LogP contribution < -0.4 is 0 Å². The highest BCUT2D eigenvalue weighted by Gasteiger charge is 2.19. The molecule has 5 heteroatoms. The summed E-state index contributed by atoms with van der Waals surface area (Å²) in [6, 6.07) is 30.3. The minimum atomic E-state index is 0.724. The van der Waals surface area contributed by atoms with Gasteiger partial charge in [0.2, 0.25) is 0 Å². The summed E-state index contributed by atoms with van der Waals surface area (Å²) in [7, 11) is 0. The number of hydrogen-bond donors (Lipinski definition) is 0. The monoisotopic (exact) mass is 685 g/mol. The molecule has 0 aliphatic heterocycles. The number of nitriles is 1. The Bertz CT molecular complexity index is 1720. The highest BCUT2D eigenvalue weighted by Crippen LogP contribution is 2.35. The molecule has 2 aliphatic carbocycles. The summed E-state index contributed by atoms with van der Waals surface area (Å²) < 4.78 is 2.18. The Morgan fingerprint density at radius 2 is 1.23 bits per heavy atom. The molecule has 0 aromatic heterocycles. The Balaban J connectivity index is 0.000000162. The molecular formula is C35H23Br2Cl2N. The van der Waals surface area contributed by atoms with E-state index in [0.29, 0.717) is 0 Å². The van der Waals surface area contributed by atoms with Crippen LogP contribution in [0.5, 0.6) is 0 Å². The summed E-state index contributed by atoms with van der Waals surface area (Å²) in [4.78, 5) is 0. The quantitative estimate of drug-likeness (QED) is 0.209. The van der Waals surface area contributed by atoms with Gasteiger partial charge in [-0.3, -0.25) is 0 Å². The molecule has 0 spiro atoms. The molecule has 0 amide bonds. The summed E-state index contributed by atoms with van der Waals surface area (Å²) in [6.45, 7) is 0. The highest BCUT2D eigenvalue weighted by molar-refractivity contribution is 9.10. The van der Waals surface area contributed by atoms with Crippen molar-refractivity contribution in [1.82, 2.24) is 0 Å². The van der Waals surface area contributed by atoms with Crippen LogP contribution in [0.4, 0.5) is 0 Å². The van der Waals surface area contributed by atoms with Crippen LogP contribution in [-0.4, -0.2) is 0 Å². The topological polar surface area (TPSA) is 23.8 Å². The molecule has 2 aliphatic rings. The van der Waals surface area contributed by atoms with Gasteiger partial charge in [0, 0.05) is 19.0 Å². The second kappa shape index (κ2) is 13.0. The van der Waals surface area contributed by atoms with Crippen molar-refractivity contribution < 1.29 is 0 Å². The first-order valence-electron chi connectivity index (χ1n) is 12.7. The SMILES string of the molecule is Clc1ccc(/C=C/C2=Cc3ccc(Br)cc3C2)cc1.N#CC1=C(/C=C/c2ccc(Cl)cc2)Cc2cc(Br)ccc21. The molecule has 0 saturated carbocycles. The molecule has 4 aromatic rings. The van der Waals surface area contributed by atoms with E-state index < -0.39 is 0 Å². The summed E-state index contributed by atoms with van der Waals surface area (Å²) in [6.07, 6.45) is 12.4. The minimum absolute atomic E-state index is 0.724. The number of fused-ring (bicyclic) bond motifs is 2. The molecule has 0 heterocycles. The van der Waals surface area contributed by atoms with Crippen LogP contribution >= 0.6 is 55.1 Å². The van der Waals surface area contributed by atoms with Gasteiger partial charge < -0.3 is 0 Å². The molecule has 0 unspecified atom stereocenters. The van der Waals surface area contributed by atoms with Crippen molar-refractivity contribution >= 4 is 78.9 Å². The maximum Gasteiger partial charge on any atom is 0.100 e. The van der Waals surface area contributed by atoms with Gasteiger partial charge in [-0.1, -0.05) is 122 Å². The molecule has 0 bridgehead atoms. The van der Waals surface area contributed by atoms with Gasteiger partial charge in [0.05, 0.1) is 5.57 Å². The predicted octanol–water partition coefficient (Wildman–Crippen LogP) is 11.4. The van der Waals surface area contributed by atoms with Crippen molar-refractivity contribution in [3.63, 3.8) is 0 Å². The third-order valence-corrected chi connectivity index (χ3v) is 8.19. The van der Waals surface area contributed by atoms with Gasteiger partial charge in [-0.25, -0.2) is 0 Å². The van der Waals surface area contributed by atoms with Crippen LogP contribution in [0.2, 0.25) is 10.0 Å². The van der Waals surface area contributed by atoms with Crippen molar-refractivity contribution in [2.75, 3.05) is 0 Å². The molecule has 6 rings (SSSR count). The number of hydrogen-bond acceptors (Lipinski definition) is 1. The van der Waals surface area contributed by atoms with Crippen molar-refractivity contribution in [1.29, 1.82) is 5.26 Å². The molecule has 40 heavy (non-hydrogen) atoms. The van der Waals surface area contributed by atoms with Gasteiger partial charge >= 0.3 is 0 Å². The molecule has 0 atom stereocenters. The molecule has 0 N–H and O–H groups in total. The van der Waals surface area contributed by atoms with Crippen LogP contribution in [0, 0.1) is 11.3 Å². The lowest BCUT2D eigenvalue weighted by Gasteiger charge is -1.98. The van der Waals surface area contributed by atoms with Crippen LogP contribution in [0.15, 0.2) is 117 Å². The zero-order valence-corrected chi connectivity index (χ0v) is 26.0. The average molecular weight is 688 g/mol. The first kappa shape index (κ1) is 28.4. The Morgan fingerprint density at radius 3 is 1.85 bits per heavy atom. The van der Waals surface area contributed by atoms with Gasteiger partial charge in [0.15, 0.2) is 0 Å². The van der Waals surface area contributed by atoms with Crippen LogP contribution in [0.1, 0.15) is 33.4 Å². The molecule has 0 radical (unpaired) electrons. The maximum absolute atomic E-state index is 9.42. The van der Waals surface area contributed by atoms with E-state index in [0.717, 1.165) is 54.1 Å². The van der Waals surface area contributed by atoms with Gasteiger partial charge in [-0.15, -0.1) is 0 Å².